The molecular formula is C5H10N. The Hall–Kier alpha value is -0.330. The van der Waals surface area contributed by atoms with Crippen LogP contribution in [-0.2, 0) is 0 Å². The predicted molar refractivity (Wildman–Crippen MR) is 27.9 cm³/mol. The van der Waals surface area contributed by atoms with Gasteiger partial charge in [0.2, 0.25) is 0 Å². The molecule has 0 rings (SSSR count). The Morgan fingerprint density at radius 1 is 2.00 bits per heavy atom. The first-order chi connectivity index (χ1) is 2.81. The van der Waals surface area contributed by atoms with Crippen molar-refractivity contribution in [2.45, 2.75) is 13.3 Å². The van der Waals surface area contributed by atoms with Crippen LogP contribution in [0.5, 0.6) is 0 Å². The van der Waals surface area contributed by atoms with Crippen molar-refractivity contribution in [2.24, 2.45) is 5.92 Å². The molecule has 0 aliphatic heterocycles. The third kappa shape index (κ3) is 1.94. The lowest BCUT2D eigenvalue weighted by Gasteiger charge is -1.92. The van der Waals surface area contributed by atoms with Gasteiger partial charge in [-0.1, -0.05) is 6.92 Å². The van der Waals surface area contributed by atoms with E-state index in [-0.39, 0.29) is 5.92 Å². The van der Waals surface area contributed by atoms with Crippen molar-refractivity contribution >= 4 is 6.21 Å². The standard InChI is InChI=1S/C5H10N/c1-3-5(2)4-6/h4-6H,2-3H2,1H3/t5-/m1/s1. The molecule has 0 amide bonds. The number of hydrogen-bond donors (Lipinski definition) is 1. The fraction of sp³-hybridized carbons (Fsp3) is 0.600. The smallest absolute Gasteiger partial charge is 0.00168 e. The number of hydrogen-bond acceptors (Lipinski definition) is 1. The Morgan fingerprint density at radius 2 is 2.50 bits per heavy atom. The topological polar surface area (TPSA) is 23.9 Å². The molecule has 0 aromatic rings. The minimum atomic E-state index is 0.227. The molecule has 6 heavy (non-hydrogen) atoms. The fourth-order valence-electron chi connectivity index (χ4n) is 0.118. The quantitative estimate of drug-likeness (QED) is 0.490. The van der Waals surface area contributed by atoms with E-state index < -0.39 is 0 Å². The van der Waals surface area contributed by atoms with Crippen molar-refractivity contribution < 1.29 is 0 Å². The molecule has 0 saturated carbocycles. The molecule has 0 aliphatic rings. The monoisotopic (exact) mass is 84.1 g/mol. The molecule has 0 unspecified atom stereocenters. The van der Waals surface area contributed by atoms with Gasteiger partial charge in [-0.25, -0.2) is 0 Å². The van der Waals surface area contributed by atoms with Crippen LogP contribution in [0.25, 0.3) is 0 Å². The minimum Gasteiger partial charge on any atom is -0.313 e. The van der Waals surface area contributed by atoms with Crippen molar-refractivity contribution in [3.8, 4) is 0 Å². The second-order valence-electron chi connectivity index (χ2n) is 1.33. The summed E-state index contributed by atoms with van der Waals surface area (Å²) in [5.74, 6) is 0.227. The minimum absolute atomic E-state index is 0.227. The molecule has 0 aliphatic carbocycles. The van der Waals surface area contributed by atoms with E-state index in [2.05, 4.69) is 6.92 Å². The lowest BCUT2D eigenvalue weighted by atomic mass is 10.1. The highest BCUT2D eigenvalue weighted by atomic mass is 14.3. The lowest BCUT2D eigenvalue weighted by Crippen LogP contribution is -1.89. The van der Waals surface area contributed by atoms with Gasteiger partial charge in [0, 0.05) is 0 Å². The maximum absolute atomic E-state index is 6.62. The molecule has 0 saturated heterocycles. The summed E-state index contributed by atoms with van der Waals surface area (Å²) in [6.45, 7) is 5.65. The van der Waals surface area contributed by atoms with Crippen LogP contribution >= 0.6 is 0 Å². The zero-order valence-corrected chi connectivity index (χ0v) is 4.07. The van der Waals surface area contributed by atoms with E-state index >= 15 is 0 Å². The van der Waals surface area contributed by atoms with Crippen LogP contribution < -0.4 is 0 Å². The van der Waals surface area contributed by atoms with E-state index in [1.807, 2.05) is 6.92 Å². The highest BCUT2D eigenvalue weighted by molar-refractivity contribution is 5.57. The van der Waals surface area contributed by atoms with E-state index in [9.17, 15) is 0 Å². The maximum atomic E-state index is 6.62. The molecule has 0 aromatic carbocycles. The fourth-order valence-corrected chi connectivity index (χ4v) is 0.118. The van der Waals surface area contributed by atoms with E-state index in [1.165, 1.54) is 6.21 Å². The average Bonchev–Trinajstić information content (AvgIpc) is 1.65. The van der Waals surface area contributed by atoms with Crippen LogP contribution in [0.4, 0.5) is 0 Å². The van der Waals surface area contributed by atoms with Crippen molar-refractivity contribution in [1.82, 2.24) is 0 Å². The molecule has 0 spiro atoms. The summed E-state index contributed by atoms with van der Waals surface area (Å²) in [6, 6.07) is 0. The lowest BCUT2D eigenvalue weighted by molar-refractivity contribution is 0.824. The Bertz CT molecular complexity index is 41.2. The van der Waals surface area contributed by atoms with E-state index in [4.69, 9.17) is 5.41 Å². The van der Waals surface area contributed by atoms with Gasteiger partial charge in [0.15, 0.2) is 0 Å². The summed E-state index contributed by atoms with van der Waals surface area (Å²) < 4.78 is 0. The molecule has 1 radical (unpaired) electrons. The first-order valence-electron chi connectivity index (χ1n) is 2.15. The van der Waals surface area contributed by atoms with E-state index in [0.717, 1.165) is 6.42 Å². The number of rotatable bonds is 2. The highest BCUT2D eigenvalue weighted by Crippen LogP contribution is 1.91. The average molecular weight is 84.1 g/mol. The molecule has 1 nitrogen and oxygen atoms in total. The van der Waals surface area contributed by atoms with Gasteiger partial charge in [0.1, 0.15) is 0 Å². The molecule has 1 heteroatoms. The second-order valence-corrected chi connectivity index (χ2v) is 1.33. The normalized spacial score (nSPS) is 13.7. The van der Waals surface area contributed by atoms with Crippen LogP contribution in [0.2, 0.25) is 0 Å². The third-order valence-corrected chi connectivity index (χ3v) is 0.760. The van der Waals surface area contributed by atoms with Crippen molar-refractivity contribution in [2.75, 3.05) is 0 Å². The van der Waals surface area contributed by atoms with Gasteiger partial charge in [-0.3, -0.25) is 0 Å². The highest BCUT2D eigenvalue weighted by Gasteiger charge is 1.86. The molecular weight excluding hydrogens is 74.1 g/mol. The molecule has 0 heterocycles. The summed E-state index contributed by atoms with van der Waals surface area (Å²) in [6.07, 6.45) is 2.34. The zero-order chi connectivity index (χ0) is 4.99. The molecule has 0 fully saturated rings. The van der Waals surface area contributed by atoms with Crippen LogP contribution in [0.1, 0.15) is 13.3 Å². The summed E-state index contributed by atoms with van der Waals surface area (Å²) >= 11 is 0. The SMILES string of the molecule is [CH2][C@@H](C=N)CC. The number of nitrogens with one attached hydrogen (secondary N) is 1. The largest absolute Gasteiger partial charge is 0.313 e. The van der Waals surface area contributed by atoms with Gasteiger partial charge in [-0.15, -0.1) is 0 Å². The van der Waals surface area contributed by atoms with Crippen LogP contribution in [0, 0.1) is 18.3 Å². The molecule has 1 atom stereocenters. The second kappa shape index (κ2) is 2.88. The first-order valence-corrected chi connectivity index (χ1v) is 2.15. The van der Waals surface area contributed by atoms with E-state index in [1.54, 1.807) is 0 Å². The summed E-state index contributed by atoms with van der Waals surface area (Å²) in [4.78, 5) is 0. The predicted octanol–water partition coefficient (Wildman–Crippen LogP) is 1.50. The third-order valence-electron chi connectivity index (χ3n) is 0.760. The first kappa shape index (κ1) is 5.67. The van der Waals surface area contributed by atoms with Gasteiger partial charge < -0.3 is 5.41 Å². The van der Waals surface area contributed by atoms with Gasteiger partial charge in [0.05, 0.1) is 0 Å². The Balaban J connectivity index is 2.96. The Kier molecular flexibility index (Phi) is 2.73. The van der Waals surface area contributed by atoms with Crippen LogP contribution in [0.3, 0.4) is 0 Å². The van der Waals surface area contributed by atoms with Crippen LogP contribution in [0.15, 0.2) is 0 Å². The molecule has 1 N–H and O–H groups in total. The summed E-state index contributed by atoms with van der Waals surface area (Å²) in [7, 11) is 0. The Labute approximate surface area is 38.9 Å². The van der Waals surface area contributed by atoms with Gasteiger partial charge in [-0.05, 0) is 25.5 Å². The van der Waals surface area contributed by atoms with Gasteiger partial charge in [-0.2, -0.15) is 0 Å². The van der Waals surface area contributed by atoms with Crippen LogP contribution in [-0.4, -0.2) is 6.21 Å². The zero-order valence-electron chi connectivity index (χ0n) is 4.07. The van der Waals surface area contributed by atoms with E-state index in [0.29, 0.717) is 0 Å². The summed E-state index contributed by atoms with van der Waals surface area (Å²) in [5, 5.41) is 6.62. The van der Waals surface area contributed by atoms with Gasteiger partial charge >= 0.3 is 0 Å². The maximum Gasteiger partial charge on any atom is -0.00168 e. The summed E-state index contributed by atoms with van der Waals surface area (Å²) in [5.41, 5.74) is 0. The van der Waals surface area contributed by atoms with Crippen molar-refractivity contribution in [3.63, 3.8) is 0 Å². The van der Waals surface area contributed by atoms with Crippen molar-refractivity contribution in [1.29, 1.82) is 5.41 Å². The molecule has 0 aromatic heterocycles. The Morgan fingerprint density at radius 3 is 2.50 bits per heavy atom. The van der Waals surface area contributed by atoms with Crippen molar-refractivity contribution in [3.05, 3.63) is 6.92 Å². The van der Waals surface area contributed by atoms with Gasteiger partial charge in [0.25, 0.3) is 0 Å². The molecule has 35 valence electrons. The molecule has 0 bridgehead atoms.